The van der Waals surface area contributed by atoms with Crippen molar-refractivity contribution < 1.29 is 23.8 Å². The number of ether oxygens (including phenoxy) is 3. The van der Waals surface area contributed by atoms with Crippen molar-refractivity contribution in [1.29, 1.82) is 0 Å². The van der Waals surface area contributed by atoms with Crippen molar-refractivity contribution in [2.75, 3.05) is 39.5 Å². The van der Waals surface area contributed by atoms with Gasteiger partial charge in [-0.25, -0.2) is 4.79 Å². The Bertz CT molecular complexity index is 907. The molecule has 0 aliphatic carbocycles. The van der Waals surface area contributed by atoms with Gasteiger partial charge in [0.2, 0.25) is 5.91 Å². The van der Waals surface area contributed by atoms with Crippen LogP contribution in [0.5, 0.6) is 0 Å². The Kier molecular flexibility index (Phi) is 48.2. The summed E-state index contributed by atoms with van der Waals surface area (Å²) in [6.07, 6.45) is 47.1. The molecule has 9 nitrogen and oxygen atoms in total. The molecule has 0 heterocycles. The molecule has 0 rings (SSSR count). The van der Waals surface area contributed by atoms with Crippen LogP contribution in [0.3, 0.4) is 0 Å². The van der Waals surface area contributed by atoms with Crippen molar-refractivity contribution in [3.05, 3.63) is 0 Å². The molecule has 2 amide bonds. The number of hydrogen-bond donors (Lipinski definition) is 3. The number of aliphatic imine (C=N–C) groups is 1. The average Bonchev–Trinajstić information content (AvgIpc) is 3.25. The number of amides is 2. The van der Waals surface area contributed by atoms with Gasteiger partial charge in [0.1, 0.15) is 18.8 Å². The summed E-state index contributed by atoms with van der Waals surface area (Å²) < 4.78 is 17.9. The van der Waals surface area contributed by atoms with Gasteiger partial charge in [-0.2, -0.15) is 0 Å². The molecule has 0 fully saturated rings. The molecule has 0 aromatic carbocycles. The fourth-order valence-electron chi connectivity index (χ4n) is 7.80. The third-order valence-electron chi connectivity index (χ3n) is 11.8. The van der Waals surface area contributed by atoms with Crippen molar-refractivity contribution in [2.45, 2.75) is 270 Å². The molecule has 9 heteroatoms. The summed E-state index contributed by atoms with van der Waals surface area (Å²) in [5.41, 5.74) is 5.45. The molecule has 0 radical (unpaired) electrons. The first-order valence-corrected chi connectivity index (χ1v) is 26.2. The lowest BCUT2D eigenvalue weighted by molar-refractivity contribution is -0.123. The molecule has 2 atom stereocenters. The molecule has 60 heavy (non-hydrogen) atoms. The normalized spacial score (nSPS) is 12.6. The maximum atomic E-state index is 13.1. The molecule has 0 aliphatic heterocycles. The summed E-state index contributed by atoms with van der Waals surface area (Å²) in [5.74, 6) is -0.215. The smallest absolute Gasteiger partial charge is 0.407 e. The van der Waals surface area contributed by atoms with E-state index >= 15 is 0 Å². The van der Waals surface area contributed by atoms with Gasteiger partial charge in [0, 0.05) is 26.3 Å². The van der Waals surface area contributed by atoms with Crippen molar-refractivity contribution in [1.82, 2.24) is 10.6 Å². The Labute approximate surface area is 372 Å². The van der Waals surface area contributed by atoms with Gasteiger partial charge in [0.25, 0.3) is 0 Å². The Morgan fingerprint density at radius 1 is 0.517 bits per heavy atom. The molecule has 0 saturated heterocycles. The number of carbonyl (C=O) groups is 2. The molecule has 0 spiro atoms. The summed E-state index contributed by atoms with van der Waals surface area (Å²) in [6, 6.07) is -0.749. The van der Waals surface area contributed by atoms with Gasteiger partial charge >= 0.3 is 6.09 Å². The first kappa shape index (κ1) is 58.1. The summed E-state index contributed by atoms with van der Waals surface area (Å²) in [5, 5.41) is 5.80. The van der Waals surface area contributed by atoms with Gasteiger partial charge in [-0.15, -0.1) is 0 Å². The number of carbonyl (C=O) groups excluding carboxylic acids is 2. The van der Waals surface area contributed by atoms with Crippen molar-refractivity contribution in [3.8, 4) is 0 Å². The van der Waals surface area contributed by atoms with Gasteiger partial charge < -0.3 is 30.6 Å². The third kappa shape index (κ3) is 44.2. The average molecular weight is 851 g/mol. The number of hydrogen-bond acceptors (Lipinski definition) is 6. The summed E-state index contributed by atoms with van der Waals surface area (Å²) >= 11 is 0. The van der Waals surface area contributed by atoms with E-state index < -0.39 is 12.1 Å². The molecule has 0 aromatic heterocycles. The van der Waals surface area contributed by atoms with Gasteiger partial charge in [-0.1, -0.05) is 233 Å². The lowest BCUT2D eigenvalue weighted by Crippen LogP contribution is -2.48. The van der Waals surface area contributed by atoms with Crippen molar-refractivity contribution in [3.63, 3.8) is 0 Å². The van der Waals surface area contributed by atoms with E-state index in [1.165, 1.54) is 205 Å². The minimum atomic E-state index is -0.749. The van der Waals surface area contributed by atoms with E-state index in [0.29, 0.717) is 39.3 Å². The largest absolute Gasteiger partial charge is 0.447 e. The molecule has 0 aromatic rings. The predicted octanol–water partition coefficient (Wildman–Crippen LogP) is 14.1. The number of rotatable bonds is 49. The van der Waals surface area contributed by atoms with Crippen molar-refractivity contribution in [2.24, 2.45) is 10.7 Å². The highest BCUT2D eigenvalue weighted by atomic mass is 16.6. The Hall–Kier alpha value is -1.87. The van der Waals surface area contributed by atoms with Crippen LogP contribution in [-0.4, -0.2) is 70.0 Å². The van der Waals surface area contributed by atoms with E-state index in [2.05, 4.69) is 36.4 Å². The highest BCUT2D eigenvalue weighted by Gasteiger charge is 2.22. The number of unbranched alkanes of at least 4 members (excludes halogenated alkanes) is 33. The van der Waals surface area contributed by atoms with E-state index in [4.69, 9.17) is 19.9 Å². The van der Waals surface area contributed by atoms with Crippen LogP contribution in [0.1, 0.15) is 258 Å². The minimum Gasteiger partial charge on any atom is -0.447 e. The van der Waals surface area contributed by atoms with E-state index in [-0.39, 0.29) is 18.6 Å². The van der Waals surface area contributed by atoms with E-state index in [1.807, 2.05) is 0 Å². The fourth-order valence-corrected chi connectivity index (χ4v) is 7.80. The first-order valence-electron chi connectivity index (χ1n) is 26.2. The zero-order chi connectivity index (χ0) is 43.7. The fraction of sp³-hybridized carbons (Fsp3) is 0.941. The number of alkyl carbamates (subject to hydrolysis) is 1. The Morgan fingerprint density at radius 3 is 1.32 bits per heavy atom. The van der Waals surface area contributed by atoms with Gasteiger partial charge in [0.15, 0.2) is 0 Å². The van der Waals surface area contributed by atoms with Crippen LogP contribution in [0.4, 0.5) is 4.79 Å². The Morgan fingerprint density at radius 2 is 0.900 bits per heavy atom. The maximum Gasteiger partial charge on any atom is 0.407 e. The summed E-state index contributed by atoms with van der Waals surface area (Å²) in [7, 11) is 0. The molecule has 0 bridgehead atoms. The van der Waals surface area contributed by atoms with E-state index in [1.54, 1.807) is 0 Å². The van der Waals surface area contributed by atoms with Crippen LogP contribution in [0.2, 0.25) is 0 Å². The summed E-state index contributed by atoms with van der Waals surface area (Å²) in [4.78, 5) is 30.2. The van der Waals surface area contributed by atoms with Crippen LogP contribution in [0.25, 0.3) is 0 Å². The number of nitrogens with zero attached hydrogens (tertiary/aromatic N) is 1. The topological polar surface area (TPSA) is 124 Å². The van der Waals surface area contributed by atoms with Crippen LogP contribution < -0.4 is 16.4 Å². The second-order valence-corrected chi connectivity index (χ2v) is 17.7. The molecule has 2 unspecified atom stereocenters. The van der Waals surface area contributed by atoms with E-state index in [0.717, 1.165) is 32.1 Å². The lowest BCUT2D eigenvalue weighted by Gasteiger charge is -2.21. The second-order valence-electron chi connectivity index (χ2n) is 17.7. The molecular weight excluding hydrogens is 749 g/mol. The van der Waals surface area contributed by atoms with E-state index in [9.17, 15) is 9.59 Å². The standard InChI is InChI=1S/C51H102N4O5/c1-4-7-10-13-16-19-22-25-28-31-34-37-41-54-50(56)49(40-42-53-47-52)55-51(57)60-46-48(59-44-39-36-33-30-27-24-21-18-15-12-9-6-3)45-58-43-38-35-32-29-26-23-20-17-14-11-8-5-2/h47-49H,4-46H2,1-3H3,(H2,52,53)(H,54,56)(H,55,57). The highest BCUT2D eigenvalue weighted by Crippen LogP contribution is 2.15. The second kappa shape index (κ2) is 49.8. The molecule has 4 N–H and O–H groups in total. The molecule has 356 valence electrons. The SMILES string of the molecule is CCCCCCCCCCCCCCNC(=O)C(CCN=CN)NC(=O)OCC(COCCCCCCCCCCCCCC)OCCCCCCCCCCCCCC. The maximum absolute atomic E-state index is 13.1. The zero-order valence-corrected chi connectivity index (χ0v) is 40.2. The van der Waals surface area contributed by atoms with Crippen LogP contribution in [-0.2, 0) is 19.0 Å². The molecule has 0 aliphatic rings. The monoisotopic (exact) mass is 851 g/mol. The van der Waals surface area contributed by atoms with Gasteiger partial charge in [-0.3, -0.25) is 9.79 Å². The third-order valence-corrected chi connectivity index (χ3v) is 11.8. The summed E-state index contributed by atoms with van der Waals surface area (Å²) in [6.45, 7) is 9.52. The van der Waals surface area contributed by atoms with Gasteiger partial charge in [-0.05, 0) is 25.7 Å². The van der Waals surface area contributed by atoms with Gasteiger partial charge in [0.05, 0.1) is 12.9 Å². The molecule has 0 saturated carbocycles. The number of nitrogens with two attached hydrogens (primary N) is 1. The van der Waals surface area contributed by atoms with Crippen LogP contribution >= 0.6 is 0 Å². The highest BCUT2D eigenvalue weighted by molar-refractivity contribution is 5.85. The van der Waals surface area contributed by atoms with Crippen LogP contribution in [0.15, 0.2) is 4.99 Å². The lowest BCUT2D eigenvalue weighted by atomic mass is 10.1. The molecular formula is C51H102N4O5. The zero-order valence-electron chi connectivity index (χ0n) is 40.2. The predicted molar refractivity (Wildman–Crippen MR) is 257 cm³/mol. The quantitative estimate of drug-likeness (QED) is 0.0318. The number of nitrogens with one attached hydrogen (secondary N) is 2. The Balaban J connectivity index is 4.61. The first-order chi connectivity index (χ1) is 29.6. The van der Waals surface area contributed by atoms with Crippen molar-refractivity contribution >= 4 is 18.3 Å². The van der Waals surface area contributed by atoms with Crippen LogP contribution in [0, 0.1) is 0 Å². The minimum absolute atomic E-state index is 0.0800.